The van der Waals surface area contributed by atoms with Crippen LogP contribution in [0.5, 0.6) is 0 Å². The Kier molecular flexibility index (Phi) is 2.45. The van der Waals surface area contributed by atoms with Crippen LogP contribution in [0.15, 0.2) is 24.4 Å². The van der Waals surface area contributed by atoms with Crippen LogP contribution >= 0.6 is 11.3 Å². The summed E-state index contributed by atoms with van der Waals surface area (Å²) in [7, 11) is 0. The van der Waals surface area contributed by atoms with Crippen molar-refractivity contribution in [3.63, 3.8) is 0 Å². The van der Waals surface area contributed by atoms with Gasteiger partial charge in [0.25, 0.3) is 0 Å². The number of anilines is 1. The maximum absolute atomic E-state index is 5.52. The molecule has 2 heterocycles. The molecular formula is C10H11N3S. The average Bonchev–Trinajstić information content (AvgIpc) is 2.66. The van der Waals surface area contributed by atoms with E-state index in [0.717, 1.165) is 17.0 Å². The van der Waals surface area contributed by atoms with E-state index in [1.165, 1.54) is 4.88 Å². The van der Waals surface area contributed by atoms with E-state index >= 15 is 0 Å². The lowest BCUT2D eigenvalue weighted by Gasteiger charge is -1.96. The van der Waals surface area contributed by atoms with Crippen molar-refractivity contribution in [3.05, 3.63) is 29.3 Å². The Bertz CT molecular complexity index is 436. The average molecular weight is 205 g/mol. The molecule has 2 aromatic heterocycles. The van der Waals surface area contributed by atoms with Crippen LogP contribution in [0.3, 0.4) is 0 Å². The summed E-state index contributed by atoms with van der Waals surface area (Å²) in [5.74, 6) is 0.328. The fourth-order valence-corrected chi connectivity index (χ4v) is 2.13. The largest absolute Gasteiger partial charge is 0.368 e. The molecule has 0 spiro atoms. The Hall–Kier alpha value is -1.42. The molecule has 2 rings (SSSR count). The highest BCUT2D eigenvalue weighted by Crippen LogP contribution is 2.26. The molecule has 0 atom stereocenters. The third-order valence-corrected chi connectivity index (χ3v) is 3.19. The summed E-state index contributed by atoms with van der Waals surface area (Å²) in [5, 5.41) is 0. The van der Waals surface area contributed by atoms with Crippen molar-refractivity contribution in [3.8, 4) is 10.6 Å². The van der Waals surface area contributed by atoms with Gasteiger partial charge in [-0.15, -0.1) is 11.3 Å². The second-order valence-corrected chi connectivity index (χ2v) is 4.09. The van der Waals surface area contributed by atoms with E-state index in [1.54, 1.807) is 17.5 Å². The lowest BCUT2D eigenvalue weighted by atomic mass is 10.3. The van der Waals surface area contributed by atoms with Gasteiger partial charge in [0.05, 0.1) is 10.6 Å². The number of rotatable bonds is 2. The van der Waals surface area contributed by atoms with E-state index < -0.39 is 0 Å². The number of nitrogens with zero attached hydrogens (tertiary/aromatic N) is 2. The lowest BCUT2D eigenvalue weighted by Crippen LogP contribution is -1.93. The van der Waals surface area contributed by atoms with E-state index in [-0.39, 0.29) is 0 Å². The summed E-state index contributed by atoms with van der Waals surface area (Å²) in [5.41, 5.74) is 6.42. The minimum Gasteiger partial charge on any atom is -0.368 e. The van der Waals surface area contributed by atoms with Crippen molar-refractivity contribution in [1.82, 2.24) is 9.97 Å². The molecule has 0 radical (unpaired) electrons. The maximum atomic E-state index is 5.52. The summed E-state index contributed by atoms with van der Waals surface area (Å²) in [6.45, 7) is 2.14. The van der Waals surface area contributed by atoms with Gasteiger partial charge in [0.1, 0.15) is 0 Å². The minimum absolute atomic E-state index is 0.328. The molecule has 0 saturated carbocycles. The normalized spacial score (nSPS) is 10.4. The van der Waals surface area contributed by atoms with Crippen LogP contribution in [0.2, 0.25) is 0 Å². The molecule has 2 N–H and O–H groups in total. The van der Waals surface area contributed by atoms with E-state index in [0.29, 0.717) is 5.95 Å². The van der Waals surface area contributed by atoms with Crippen LogP contribution in [0.4, 0.5) is 5.95 Å². The smallest absolute Gasteiger partial charge is 0.220 e. The monoisotopic (exact) mass is 205 g/mol. The molecular weight excluding hydrogens is 194 g/mol. The van der Waals surface area contributed by atoms with Crippen LogP contribution in [0, 0.1) is 0 Å². The molecule has 0 saturated heterocycles. The van der Waals surface area contributed by atoms with E-state index in [4.69, 9.17) is 5.73 Å². The number of thiophene rings is 1. The predicted octanol–water partition coefficient (Wildman–Crippen LogP) is 2.35. The van der Waals surface area contributed by atoms with E-state index in [2.05, 4.69) is 29.0 Å². The number of hydrogen-bond donors (Lipinski definition) is 1. The van der Waals surface area contributed by atoms with Gasteiger partial charge in [-0.1, -0.05) is 6.92 Å². The first-order chi connectivity index (χ1) is 6.79. The fourth-order valence-electron chi connectivity index (χ4n) is 1.22. The van der Waals surface area contributed by atoms with Crippen LogP contribution in [0.25, 0.3) is 10.6 Å². The topological polar surface area (TPSA) is 51.8 Å². The molecule has 72 valence electrons. The zero-order valence-electron chi connectivity index (χ0n) is 7.90. The molecule has 3 nitrogen and oxygen atoms in total. The third kappa shape index (κ3) is 1.75. The number of aromatic nitrogens is 2. The van der Waals surface area contributed by atoms with Crippen molar-refractivity contribution in [2.75, 3.05) is 5.73 Å². The Labute approximate surface area is 86.6 Å². The van der Waals surface area contributed by atoms with Crippen molar-refractivity contribution in [2.45, 2.75) is 13.3 Å². The summed E-state index contributed by atoms with van der Waals surface area (Å²) < 4.78 is 0. The van der Waals surface area contributed by atoms with Crippen LogP contribution in [0.1, 0.15) is 11.8 Å². The minimum atomic E-state index is 0.328. The first kappa shape index (κ1) is 9.15. The van der Waals surface area contributed by atoms with Crippen molar-refractivity contribution in [2.24, 2.45) is 0 Å². The van der Waals surface area contributed by atoms with E-state index in [9.17, 15) is 0 Å². The number of nitrogens with two attached hydrogens (primary N) is 1. The van der Waals surface area contributed by atoms with Gasteiger partial charge in [-0.3, -0.25) is 0 Å². The van der Waals surface area contributed by atoms with Gasteiger partial charge < -0.3 is 5.73 Å². The van der Waals surface area contributed by atoms with Crippen molar-refractivity contribution < 1.29 is 0 Å². The predicted molar refractivity (Wildman–Crippen MR) is 59.1 cm³/mol. The molecule has 0 unspecified atom stereocenters. The molecule has 0 fully saturated rings. The Morgan fingerprint density at radius 2 is 2.21 bits per heavy atom. The fraction of sp³-hybridized carbons (Fsp3) is 0.200. The Morgan fingerprint density at radius 1 is 1.36 bits per heavy atom. The molecule has 0 aliphatic rings. The molecule has 2 aromatic rings. The third-order valence-electron chi connectivity index (χ3n) is 1.94. The van der Waals surface area contributed by atoms with Gasteiger partial charge in [-0.25, -0.2) is 9.97 Å². The Balaban J connectivity index is 2.39. The second-order valence-electron chi connectivity index (χ2n) is 2.92. The Morgan fingerprint density at radius 3 is 2.86 bits per heavy atom. The number of aryl methyl sites for hydroxylation is 1. The summed E-state index contributed by atoms with van der Waals surface area (Å²) in [4.78, 5) is 10.5. The molecule has 14 heavy (non-hydrogen) atoms. The molecule has 4 heteroatoms. The summed E-state index contributed by atoms with van der Waals surface area (Å²) >= 11 is 1.75. The first-order valence-electron chi connectivity index (χ1n) is 4.47. The molecule has 0 amide bonds. The van der Waals surface area contributed by atoms with Crippen molar-refractivity contribution >= 4 is 17.3 Å². The molecule has 0 aliphatic heterocycles. The maximum Gasteiger partial charge on any atom is 0.220 e. The number of nitrogen functional groups attached to an aromatic ring is 1. The van der Waals surface area contributed by atoms with E-state index in [1.807, 2.05) is 6.07 Å². The highest BCUT2D eigenvalue weighted by molar-refractivity contribution is 7.15. The highest BCUT2D eigenvalue weighted by atomic mass is 32.1. The zero-order chi connectivity index (χ0) is 9.97. The summed E-state index contributed by atoms with van der Waals surface area (Å²) in [6.07, 6.45) is 2.74. The summed E-state index contributed by atoms with van der Waals surface area (Å²) in [6, 6.07) is 6.07. The van der Waals surface area contributed by atoms with Gasteiger partial charge in [0.15, 0.2) is 0 Å². The number of hydrogen-bond acceptors (Lipinski definition) is 4. The van der Waals surface area contributed by atoms with Crippen LogP contribution in [-0.2, 0) is 6.42 Å². The second kappa shape index (κ2) is 3.75. The van der Waals surface area contributed by atoms with Gasteiger partial charge >= 0.3 is 0 Å². The zero-order valence-corrected chi connectivity index (χ0v) is 8.71. The van der Waals surface area contributed by atoms with Crippen LogP contribution < -0.4 is 5.73 Å². The van der Waals surface area contributed by atoms with Gasteiger partial charge in [0.2, 0.25) is 5.95 Å². The van der Waals surface area contributed by atoms with Gasteiger partial charge in [-0.05, 0) is 24.6 Å². The molecule has 0 bridgehead atoms. The first-order valence-corrected chi connectivity index (χ1v) is 5.29. The van der Waals surface area contributed by atoms with Crippen molar-refractivity contribution in [1.29, 1.82) is 0 Å². The van der Waals surface area contributed by atoms with Gasteiger partial charge in [-0.2, -0.15) is 0 Å². The quantitative estimate of drug-likeness (QED) is 0.818. The van der Waals surface area contributed by atoms with Gasteiger partial charge in [0, 0.05) is 11.1 Å². The lowest BCUT2D eigenvalue weighted by molar-refractivity contribution is 1.19. The molecule has 0 aromatic carbocycles. The SMILES string of the molecule is CCc1ccc(-c2ccnc(N)n2)s1. The standard InChI is InChI=1S/C10H11N3S/c1-2-7-3-4-9(14-7)8-5-6-12-10(11)13-8/h3-6H,2H2,1H3,(H2,11,12,13). The highest BCUT2D eigenvalue weighted by Gasteiger charge is 2.03. The molecule has 0 aliphatic carbocycles. The van der Waals surface area contributed by atoms with Crippen LogP contribution in [-0.4, -0.2) is 9.97 Å².